The van der Waals surface area contributed by atoms with Crippen molar-refractivity contribution < 1.29 is 18.3 Å². The van der Waals surface area contributed by atoms with Gasteiger partial charge < -0.3 is 10.5 Å². The lowest BCUT2D eigenvalue weighted by Gasteiger charge is -2.29. The second-order valence-electron chi connectivity index (χ2n) is 8.86. The molecule has 2 N–H and O–H groups in total. The molecule has 182 valence electrons. The van der Waals surface area contributed by atoms with Gasteiger partial charge in [-0.3, -0.25) is 9.69 Å². The number of halogens is 2. The van der Waals surface area contributed by atoms with E-state index in [1.807, 2.05) is 30.3 Å². The number of nitrogens with zero attached hydrogens (tertiary/aromatic N) is 2. The van der Waals surface area contributed by atoms with Gasteiger partial charge in [-0.15, -0.1) is 0 Å². The molecule has 0 bridgehead atoms. The number of carbonyl (C=O) groups excluding carboxylic acids is 1. The van der Waals surface area contributed by atoms with E-state index >= 15 is 0 Å². The zero-order valence-corrected chi connectivity index (χ0v) is 19.6. The number of nitrogens with two attached hydrogens (primary N) is 1. The van der Waals surface area contributed by atoms with E-state index in [1.54, 1.807) is 36.4 Å². The number of hydrogen-bond acceptors (Lipinski definition) is 4. The summed E-state index contributed by atoms with van der Waals surface area (Å²) in [5.74, 6) is -0.277. The van der Waals surface area contributed by atoms with Crippen LogP contribution in [0.3, 0.4) is 0 Å². The first-order valence-corrected chi connectivity index (χ1v) is 11.7. The standard InChI is InChI=1S/C29H25F2N3O2/c30-25-7-3-1-5-20(25)16-27-24(29(32)35)11-12-28(33-27)36-23-10-9-21-17-34(14-13-19(21)15-23)18-22-6-2-4-8-26(22)31/h1-12,15H,13-14,16-18H2,(H2,32,35). The maximum atomic E-state index is 14.2. The molecule has 0 atom stereocenters. The van der Waals surface area contributed by atoms with Crippen LogP contribution in [0, 0.1) is 11.6 Å². The average molecular weight is 486 g/mol. The van der Waals surface area contributed by atoms with Gasteiger partial charge >= 0.3 is 0 Å². The van der Waals surface area contributed by atoms with Crippen LogP contribution < -0.4 is 10.5 Å². The highest BCUT2D eigenvalue weighted by Gasteiger charge is 2.19. The van der Waals surface area contributed by atoms with Gasteiger partial charge in [0.2, 0.25) is 5.88 Å². The fourth-order valence-electron chi connectivity index (χ4n) is 4.49. The lowest BCUT2D eigenvalue weighted by molar-refractivity contribution is 0.0999. The van der Waals surface area contributed by atoms with Gasteiger partial charge in [0.05, 0.1) is 11.3 Å². The first-order chi connectivity index (χ1) is 17.5. The van der Waals surface area contributed by atoms with Crippen molar-refractivity contribution in [1.82, 2.24) is 9.88 Å². The molecule has 1 amide bonds. The van der Waals surface area contributed by atoms with Crippen molar-refractivity contribution in [2.24, 2.45) is 5.73 Å². The topological polar surface area (TPSA) is 68.5 Å². The minimum atomic E-state index is -0.630. The molecule has 1 aromatic heterocycles. The van der Waals surface area contributed by atoms with Gasteiger partial charge in [-0.25, -0.2) is 13.8 Å². The molecular weight excluding hydrogens is 460 g/mol. The molecular formula is C29H25F2N3O2. The molecule has 0 unspecified atom stereocenters. The molecule has 5 rings (SSSR count). The highest BCUT2D eigenvalue weighted by molar-refractivity contribution is 5.94. The van der Waals surface area contributed by atoms with Gasteiger partial charge in [-0.1, -0.05) is 42.5 Å². The molecule has 0 radical (unpaired) electrons. The molecule has 1 aliphatic heterocycles. The highest BCUT2D eigenvalue weighted by atomic mass is 19.1. The average Bonchev–Trinajstić information content (AvgIpc) is 2.87. The number of aromatic nitrogens is 1. The summed E-state index contributed by atoms with van der Waals surface area (Å²) in [5.41, 5.74) is 9.54. The molecule has 0 saturated heterocycles. The van der Waals surface area contributed by atoms with E-state index in [9.17, 15) is 13.6 Å². The van der Waals surface area contributed by atoms with E-state index in [-0.39, 0.29) is 23.6 Å². The Labute approximate surface area is 208 Å². The smallest absolute Gasteiger partial charge is 0.250 e. The number of carbonyl (C=O) groups is 1. The normalized spacial score (nSPS) is 13.3. The summed E-state index contributed by atoms with van der Waals surface area (Å²) in [7, 11) is 0. The number of primary amides is 1. The van der Waals surface area contributed by atoms with Crippen LogP contribution in [-0.4, -0.2) is 22.3 Å². The van der Waals surface area contributed by atoms with Crippen LogP contribution in [0.2, 0.25) is 0 Å². The quantitative estimate of drug-likeness (QED) is 0.381. The largest absolute Gasteiger partial charge is 0.439 e. The zero-order chi connectivity index (χ0) is 25.1. The Bertz CT molecular complexity index is 1420. The van der Waals surface area contributed by atoms with Crippen molar-refractivity contribution >= 4 is 5.91 Å². The van der Waals surface area contributed by atoms with Gasteiger partial charge in [-0.05, 0) is 53.4 Å². The fraction of sp³-hybridized carbons (Fsp3) is 0.172. The monoisotopic (exact) mass is 485 g/mol. The number of benzene rings is 3. The lowest BCUT2D eigenvalue weighted by Crippen LogP contribution is -2.30. The predicted octanol–water partition coefficient (Wildman–Crippen LogP) is 5.40. The van der Waals surface area contributed by atoms with Gasteiger partial charge in [0.1, 0.15) is 17.4 Å². The first-order valence-electron chi connectivity index (χ1n) is 11.7. The third-order valence-electron chi connectivity index (χ3n) is 6.37. The van der Waals surface area contributed by atoms with Crippen LogP contribution in [0.4, 0.5) is 8.78 Å². The fourth-order valence-corrected chi connectivity index (χ4v) is 4.49. The van der Waals surface area contributed by atoms with Gasteiger partial charge in [0.25, 0.3) is 5.91 Å². The van der Waals surface area contributed by atoms with Crippen molar-refractivity contribution in [3.8, 4) is 11.6 Å². The molecule has 4 aromatic rings. The summed E-state index contributed by atoms with van der Waals surface area (Å²) in [6, 6.07) is 22.2. The Morgan fingerprint density at radius 2 is 1.64 bits per heavy atom. The van der Waals surface area contributed by atoms with Crippen LogP contribution in [0.1, 0.15) is 38.3 Å². The van der Waals surface area contributed by atoms with E-state index in [1.165, 1.54) is 17.7 Å². The number of pyridine rings is 1. The molecule has 2 heterocycles. The van der Waals surface area contributed by atoms with Crippen molar-refractivity contribution in [1.29, 1.82) is 0 Å². The summed E-state index contributed by atoms with van der Waals surface area (Å²) >= 11 is 0. The summed E-state index contributed by atoms with van der Waals surface area (Å²) in [6.07, 6.45) is 0.928. The molecule has 0 aliphatic carbocycles. The maximum absolute atomic E-state index is 14.2. The summed E-state index contributed by atoms with van der Waals surface area (Å²) in [5, 5.41) is 0. The van der Waals surface area contributed by atoms with Crippen LogP contribution in [0.15, 0.2) is 78.9 Å². The molecule has 0 saturated carbocycles. The second-order valence-corrected chi connectivity index (χ2v) is 8.86. The number of rotatable bonds is 7. The van der Waals surface area contributed by atoms with Crippen LogP contribution in [0.5, 0.6) is 11.6 Å². The number of amides is 1. The van der Waals surface area contributed by atoms with E-state index in [2.05, 4.69) is 9.88 Å². The third kappa shape index (κ3) is 5.26. The van der Waals surface area contributed by atoms with Gasteiger partial charge in [0.15, 0.2) is 0 Å². The Kier molecular flexibility index (Phi) is 6.73. The molecule has 7 heteroatoms. The molecule has 3 aromatic carbocycles. The van der Waals surface area contributed by atoms with Crippen LogP contribution in [0.25, 0.3) is 0 Å². The van der Waals surface area contributed by atoms with Crippen LogP contribution in [-0.2, 0) is 25.9 Å². The maximum Gasteiger partial charge on any atom is 0.250 e. The second kappa shape index (κ2) is 10.3. The third-order valence-corrected chi connectivity index (χ3v) is 6.37. The lowest BCUT2D eigenvalue weighted by atomic mass is 9.99. The predicted molar refractivity (Wildman–Crippen MR) is 133 cm³/mol. The van der Waals surface area contributed by atoms with E-state index in [0.29, 0.717) is 35.0 Å². The SMILES string of the molecule is NC(=O)c1ccc(Oc2ccc3c(c2)CCN(Cc2ccccc2F)C3)nc1Cc1ccccc1F. The molecule has 36 heavy (non-hydrogen) atoms. The minimum absolute atomic E-state index is 0.115. The first kappa shape index (κ1) is 23.6. The van der Waals surface area contributed by atoms with Crippen molar-refractivity contribution in [3.63, 3.8) is 0 Å². The molecule has 0 spiro atoms. The Morgan fingerprint density at radius 3 is 2.36 bits per heavy atom. The zero-order valence-electron chi connectivity index (χ0n) is 19.6. The van der Waals surface area contributed by atoms with Crippen molar-refractivity contribution in [2.75, 3.05) is 6.54 Å². The van der Waals surface area contributed by atoms with Gasteiger partial charge in [-0.2, -0.15) is 0 Å². The van der Waals surface area contributed by atoms with E-state index in [4.69, 9.17) is 10.5 Å². The molecule has 1 aliphatic rings. The summed E-state index contributed by atoms with van der Waals surface area (Å²) < 4.78 is 34.2. The Morgan fingerprint density at radius 1 is 0.917 bits per heavy atom. The highest BCUT2D eigenvalue weighted by Crippen LogP contribution is 2.28. The Hall–Kier alpha value is -4.10. The van der Waals surface area contributed by atoms with E-state index in [0.717, 1.165) is 25.1 Å². The molecule has 5 nitrogen and oxygen atoms in total. The number of ether oxygens (including phenoxy) is 1. The van der Waals surface area contributed by atoms with Crippen LogP contribution >= 0.6 is 0 Å². The van der Waals surface area contributed by atoms with Crippen molar-refractivity contribution in [3.05, 3.63) is 124 Å². The number of hydrogen-bond donors (Lipinski definition) is 1. The Balaban J connectivity index is 1.32. The number of fused-ring (bicyclic) bond motifs is 1. The molecule has 0 fully saturated rings. The van der Waals surface area contributed by atoms with Crippen molar-refractivity contribution in [2.45, 2.75) is 25.9 Å². The van der Waals surface area contributed by atoms with E-state index < -0.39 is 5.91 Å². The minimum Gasteiger partial charge on any atom is -0.439 e. The summed E-state index contributed by atoms with van der Waals surface area (Å²) in [6.45, 7) is 2.09. The van der Waals surface area contributed by atoms with Gasteiger partial charge in [0, 0.05) is 37.7 Å². The summed E-state index contributed by atoms with van der Waals surface area (Å²) in [4.78, 5) is 18.6.